The maximum atomic E-state index is 12.7. The van der Waals surface area contributed by atoms with Gasteiger partial charge in [0.05, 0.1) is 18.2 Å². The van der Waals surface area contributed by atoms with Crippen molar-refractivity contribution in [2.75, 3.05) is 5.75 Å². The molecule has 8 heteroatoms. The van der Waals surface area contributed by atoms with Crippen LogP contribution in [0.15, 0.2) is 52.5 Å². The lowest BCUT2D eigenvalue weighted by atomic mass is 10.1. The normalized spacial score (nSPS) is 11.7. The van der Waals surface area contributed by atoms with Crippen molar-refractivity contribution < 1.29 is 18.0 Å². The van der Waals surface area contributed by atoms with Gasteiger partial charge in [-0.25, -0.2) is 5.43 Å². The fourth-order valence-electron chi connectivity index (χ4n) is 2.17. The lowest BCUT2D eigenvalue weighted by Crippen LogP contribution is -2.20. The summed E-state index contributed by atoms with van der Waals surface area (Å²) in [5.74, 6) is 0.470. The number of hydrazone groups is 1. The molecule has 0 aromatic heterocycles. The minimum absolute atomic E-state index is 0.0722. The summed E-state index contributed by atoms with van der Waals surface area (Å²) in [6.07, 6.45) is -3.18. The highest BCUT2D eigenvalue weighted by molar-refractivity contribution is 7.99. The average Bonchev–Trinajstić information content (AvgIpc) is 2.57. The van der Waals surface area contributed by atoms with Crippen molar-refractivity contribution in [2.24, 2.45) is 5.10 Å². The van der Waals surface area contributed by atoms with Gasteiger partial charge in [0.1, 0.15) is 0 Å². The van der Waals surface area contributed by atoms with E-state index in [4.69, 9.17) is 11.6 Å². The smallest absolute Gasteiger partial charge is 0.273 e. The molecule has 0 aliphatic heterocycles. The molecule has 0 spiro atoms. The number of carbonyl (C=O) groups is 1. The zero-order chi connectivity index (χ0) is 19.2. The van der Waals surface area contributed by atoms with Crippen LogP contribution in [0.1, 0.15) is 23.6 Å². The summed E-state index contributed by atoms with van der Waals surface area (Å²) in [4.78, 5) is 13.0. The molecule has 0 bridgehead atoms. The van der Waals surface area contributed by atoms with Gasteiger partial charge in [0.15, 0.2) is 0 Å². The van der Waals surface area contributed by atoms with E-state index in [-0.39, 0.29) is 17.9 Å². The molecule has 2 rings (SSSR count). The molecule has 0 unspecified atom stereocenters. The van der Waals surface area contributed by atoms with E-state index in [2.05, 4.69) is 10.5 Å². The van der Waals surface area contributed by atoms with Crippen LogP contribution in [0, 0.1) is 0 Å². The Morgan fingerprint density at radius 2 is 2.04 bits per heavy atom. The minimum atomic E-state index is -4.42. The number of nitrogens with one attached hydrogen (secondary N) is 1. The summed E-state index contributed by atoms with van der Waals surface area (Å²) in [7, 11) is 0. The third-order valence-electron chi connectivity index (χ3n) is 3.29. The van der Waals surface area contributed by atoms with Crippen LogP contribution in [0.2, 0.25) is 5.02 Å². The molecule has 0 aliphatic rings. The predicted octanol–water partition coefficient (Wildman–Crippen LogP) is 5.16. The van der Waals surface area contributed by atoms with Gasteiger partial charge >= 0.3 is 6.18 Å². The van der Waals surface area contributed by atoms with Gasteiger partial charge in [0, 0.05) is 9.92 Å². The Morgan fingerprint density at radius 1 is 1.27 bits per heavy atom. The molecular weight excluding hydrogens is 385 g/mol. The Kier molecular flexibility index (Phi) is 7.11. The largest absolute Gasteiger partial charge is 0.416 e. The van der Waals surface area contributed by atoms with Crippen LogP contribution in [0.5, 0.6) is 0 Å². The monoisotopic (exact) mass is 400 g/mol. The summed E-state index contributed by atoms with van der Waals surface area (Å²) in [6, 6.07) is 10.0. The number of amides is 1. The Labute approximate surface area is 158 Å². The Bertz CT molecular complexity index is 809. The van der Waals surface area contributed by atoms with Gasteiger partial charge in [-0.1, -0.05) is 30.7 Å². The molecular formula is C18H16ClF3N2OS. The van der Waals surface area contributed by atoms with Crippen LogP contribution >= 0.6 is 23.4 Å². The van der Waals surface area contributed by atoms with Crippen molar-refractivity contribution in [1.82, 2.24) is 5.43 Å². The summed E-state index contributed by atoms with van der Waals surface area (Å²) in [5.41, 5.74) is 2.57. The van der Waals surface area contributed by atoms with Gasteiger partial charge in [-0.15, -0.1) is 11.8 Å². The van der Waals surface area contributed by atoms with E-state index >= 15 is 0 Å². The van der Waals surface area contributed by atoms with Gasteiger partial charge < -0.3 is 0 Å². The first-order valence-corrected chi connectivity index (χ1v) is 9.06. The number of alkyl halides is 3. The number of thioether (sulfide) groups is 1. The number of benzene rings is 2. The Balaban J connectivity index is 2.01. The average molecular weight is 401 g/mol. The van der Waals surface area contributed by atoms with Crippen molar-refractivity contribution in [3.05, 3.63) is 64.2 Å². The highest BCUT2D eigenvalue weighted by Crippen LogP contribution is 2.29. The van der Waals surface area contributed by atoms with Crippen molar-refractivity contribution in [3.8, 4) is 0 Å². The van der Waals surface area contributed by atoms with E-state index in [1.165, 1.54) is 18.3 Å². The lowest BCUT2D eigenvalue weighted by Gasteiger charge is -2.08. The van der Waals surface area contributed by atoms with E-state index in [0.29, 0.717) is 5.02 Å². The third kappa shape index (κ3) is 6.07. The SMILES string of the molecule is CCSc1ccc(Cl)cc1CC(=O)N/N=C\c1cccc(C(F)(F)F)c1. The molecule has 0 fully saturated rings. The molecule has 2 aromatic rings. The molecule has 2 aromatic carbocycles. The summed E-state index contributed by atoms with van der Waals surface area (Å²) < 4.78 is 38.0. The van der Waals surface area contributed by atoms with Crippen molar-refractivity contribution in [2.45, 2.75) is 24.4 Å². The number of halogens is 4. The molecule has 0 saturated heterocycles. The maximum absolute atomic E-state index is 12.7. The Hall–Kier alpha value is -1.99. The van der Waals surface area contributed by atoms with Crippen LogP contribution in [-0.4, -0.2) is 17.9 Å². The molecule has 1 N–H and O–H groups in total. The van der Waals surface area contributed by atoms with Crippen molar-refractivity contribution in [1.29, 1.82) is 0 Å². The first-order chi connectivity index (χ1) is 12.3. The molecule has 0 atom stereocenters. The second-order valence-corrected chi connectivity index (χ2v) is 7.02. The zero-order valence-electron chi connectivity index (χ0n) is 13.8. The third-order valence-corrected chi connectivity index (χ3v) is 4.52. The van der Waals surface area contributed by atoms with Crippen molar-refractivity contribution >= 4 is 35.5 Å². The Morgan fingerprint density at radius 3 is 2.73 bits per heavy atom. The fourth-order valence-corrected chi connectivity index (χ4v) is 3.16. The zero-order valence-corrected chi connectivity index (χ0v) is 15.4. The molecule has 3 nitrogen and oxygen atoms in total. The van der Waals surface area contributed by atoms with Gasteiger partial charge in [0.25, 0.3) is 0 Å². The minimum Gasteiger partial charge on any atom is -0.273 e. The molecule has 0 saturated carbocycles. The summed E-state index contributed by atoms with van der Waals surface area (Å²) >= 11 is 7.57. The quantitative estimate of drug-likeness (QED) is 0.413. The molecule has 0 heterocycles. The van der Waals surface area contributed by atoms with E-state index in [0.717, 1.165) is 28.3 Å². The molecule has 1 amide bonds. The molecule has 0 radical (unpaired) electrons. The standard InChI is InChI=1S/C18H16ClF3N2OS/c1-2-26-16-7-6-15(19)9-13(16)10-17(25)24-23-11-12-4-3-5-14(8-12)18(20,21)22/h3-9,11H,2,10H2,1H3,(H,24,25)/b23-11-. The van der Waals surface area contributed by atoms with Crippen LogP contribution in [0.3, 0.4) is 0 Å². The van der Waals surface area contributed by atoms with Gasteiger partial charge in [-0.3, -0.25) is 4.79 Å². The summed E-state index contributed by atoms with van der Waals surface area (Å²) in [6.45, 7) is 2.00. The van der Waals surface area contributed by atoms with Crippen LogP contribution in [-0.2, 0) is 17.4 Å². The van der Waals surface area contributed by atoms with E-state index in [9.17, 15) is 18.0 Å². The van der Waals surface area contributed by atoms with Crippen LogP contribution < -0.4 is 5.43 Å². The van der Waals surface area contributed by atoms with Crippen LogP contribution in [0.25, 0.3) is 0 Å². The lowest BCUT2D eigenvalue weighted by molar-refractivity contribution is -0.137. The summed E-state index contributed by atoms with van der Waals surface area (Å²) in [5, 5.41) is 4.26. The van der Waals surface area contributed by atoms with E-state index < -0.39 is 11.7 Å². The molecule has 138 valence electrons. The van der Waals surface area contributed by atoms with Gasteiger partial charge in [-0.2, -0.15) is 18.3 Å². The maximum Gasteiger partial charge on any atom is 0.416 e. The van der Waals surface area contributed by atoms with Crippen LogP contribution in [0.4, 0.5) is 13.2 Å². The number of carbonyl (C=O) groups excluding carboxylic acids is 1. The van der Waals surface area contributed by atoms with E-state index in [1.807, 2.05) is 13.0 Å². The number of nitrogens with zero attached hydrogens (tertiary/aromatic N) is 1. The topological polar surface area (TPSA) is 41.5 Å². The second-order valence-electron chi connectivity index (χ2n) is 5.28. The molecule has 0 aliphatic carbocycles. The highest BCUT2D eigenvalue weighted by Gasteiger charge is 2.30. The van der Waals surface area contributed by atoms with Gasteiger partial charge in [-0.05, 0) is 47.2 Å². The first-order valence-electron chi connectivity index (χ1n) is 7.70. The number of hydrogen-bond acceptors (Lipinski definition) is 3. The number of hydrogen-bond donors (Lipinski definition) is 1. The predicted molar refractivity (Wildman–Crippen MR) is 98.7 cm³/mol. The van der Waals surface area contributed by atoms with Crippen molar-refractivity contribution in [3.63, 3.8) is 0 Å². The van der Waals surface area contributed by atoms with E-state index in [1.54, 1.807) is 23.9 Å². The second kappa shape index (κ2) is 9.09. The van der Waals surface area contributed by atoms with Gasteiger partial charge in [0.2, 0.25) is 5.91 Å². The molecule has 26 heavy (non-hydrogen) atoms. The highest BCUT2D eigenvalue weighted by atomic mass is 35.5. The first kappa shape index (κ1) is 20.3. The fraction of sp³-hybridized carbons (Fsp3) is 0.222. The number of rotatable bonds is 6.